The minimum atomic E-state index is -0.421. The van der Waals surface area contributed by atoms with Gasteiger partial charge in [-0.3, -0.25) is 0 Å². The number of hydrogen-bond acceptors (Lipinski definition) is 2. The van der Waals surface area contributed by atoms with Crippen LogP contribution in [-0.2, 0) is 9.53 Å². The molecule has 0 amide bonds. The van der Waals surface area contributed by atoms with Gasteiger partial charge in [-0.1, -0.05) is 6.58 Å². The molecule has 0 atom stereocenters. The summed E-state index contributed by atoms with van der Waals surface area (Å²) in [6.45, 7) is 6.63. The second-order valence-electron chi connectivity index (χ2n) is 0.872. The van der Waals surface area contributed by atoms with Crippen molar-refractivity contribution < 1.29 is 9.53 Å². The van der Waals surface area contributed by atoms with Crippen LogP contribution < -0.4 is 0 Å². The quantitative estimate of drug-likeness (QED) is 0.280. The van der Waals surface area contributed by atoms with Crippen molar-refractivity contribution in [3.8, 4) is 0 Å². The Kier molecular flexibility index (Phi) is 9.13. The molecule has 0 spiro atoms. The van der Waals surface area contributed by atoms with Gasteiger partial charge < -0.3 is 4.74 Å². The molecular formula is C5H8LiO2. The van der Waals surface area contributed by atoms with Crippen LogP contribution in [0.1, 0.15) is 0 Å². The third-order valence-corrected chi connectivity index (χ3v) is 0.411. The Morgan fingerprint density at radius 1 is 1.75 bits per heavy atom. The summed E-state index contributed by atoms with van der Waals surface area (Å²) in [4.78, 5) is 10.0. The van der Waals surface area contributed by atoms with Crippen LogP contribution in [0.3, 0.4) is 0 Å². The summed E-state index contributed by atoms with van der Waals surface area (Å²) in [6.07, 6.45) is 1.10. The zero-order chi connectivity index (χ0) is 5.70. The van der Waals surface area contributed by atoms with E-state index in [9.17, 15) is 4.79 Å². The van der Waals surface area contributed by atoms with Gasteiger partial charge in [0.15, 0.2) is 0 Å². The van der Waals surface area contributed by atoms with E-state index in [0.29, 0.717) is 0 Å². The van der Waals surface area contributed by atoms with Gasteiger partial charge in [0.05, 0.1) is 6.61 Å². The van der Waals surface area contributed by atoms with E-state index < -0.39 is 5.97 Å². The molecule has 8 heavy (non-hydrogen) atoms. The molecule has 0 aromatic carbocycles. The molecule has 0 N–H and O–H groups in total. The fourth-order valence-corrected chi connectivity index (χ4v) is 0.160. The molecule has 0 bridgehead atoms. The molecule has 3 heteroatoms. The van der Waals surface area contributed by atoms with E-state index in [4.69, 9.17) is 0 Å². The molecule has 0 unspecified atom stereocenters. The van der Waals surface area contributed by atoms with E-state index >= 15 is 0 Å². The average Bonchev–Trinajstić information content (AvgIpc) is 1.68. The second kappa shape index (κ2) is 6.81. The average molecular weight is 107 g/mol. The Balaban J connectivity index is 0. The van der Waals surface area contributed by atoms with Gasteiger partial charge in [-0.2, -0.15) is 0 Å². The SMILES string of the molecule is [CH2]COC(=O)C=C.[LiH]. The summed E-state index contributed by atoms with van der Waals surface area (Å²) >= 11 is 0. The van der Waals surface area contributed by atoms with E-state index in [1.54, 1.807) is 0 Å². The van der Waals surface area contributed by atoms with Crippen molar-refractivity contribution in [1.29, 1.82) is 0 Å². The topological polar surface area (TPSA) is 26.3 Å². The van der Waals surface area contributed by atoms with E-state index in [1.165, 1.54) is 0 Å². The van der Waals surface area contributed by atoms with Crippen molar-refractivity contribution in [2.45, 2.75) is 0 Å². The number of esters is 1. The Morgan fingerprint density at radius 2 is 2.25 bits per heavy atom. The molecule has 0 saturated carbocycles. The molecule has 0 heterocycles. The first-order valence-electron chi connectivity index (χ1n) is 1.89. The third-order valence-electron chi connectivity index (χ3n) is 0.411. The second-order valence-corrected chi connectivity index (χ2v) is 0.872. The Hall–Kier alpha value is -0.193. The Bertz CT molecular complexity index is 80.5. The van der Waals surface area contributed by atoms with E-state index in [2.05, 4.69) is 18.2 Å². The molecule has 1 radical (unpaired) electrons. The van der Waals surface area contributed by atoms with E-state index in [0.717, 1.165) is 6.08 Å². The zero-order valence-electron chi connectivity index (χ0n) is 4.02. The molecule has 0 rings (SSSR count). The van der Waals surface area contributed by atoms with Crippen LogP contribution in [0.2, 0.25) is 0 Å². The maximum atomic E-state index is 10.0. The van der Waals surface area contributed by atoms with Gasteiger partial charge in [0, 0.05) is 6.08 Å². The Morgan fingerprint density at radius 3 is 2.38 bits per heavy atom. The van der Waals surface area contributed by atoms with E-state index in [-0.39, 0.29) is 25.5 Å². The molecule has 0 aliphatic rings. The molecule has 41 valence electrons. The van der Waals surface area contributed by atoms with Crippen LogP contribution in [0.4, 0.5) is 0 Å². The van der Waals surface area contributed by atoms with Crippen LogP contribution in [-0.4, -0.2) is 31.4 Å². The van der Waals surface area contributed by atoms with Crippen LogP contribution in [0.15, 0.2) is 12.7 Å². The first-order valence-corrected chi connectivity index (χ1v) is 1.89. The van der Waals surface area contributed by atoms with Crippen molar-refractivity contribution in [3.05, 3.63) is 19.6 Å². The molecule has 0 aromatic heterocycles. The summed E-state index contributed by atoms with van der Waals surface area (Å²) in [5.41, 5.74) is 0. The summed E-state index contributed by atoms with van der Waals surface area (Å²) in [5, 5.41) is 0. The van der Waals surface area contributed by atoms with Gasteiger partial charge in [-0.05, 0) is 6.92 Å². The standard InChI is InChI=1S/C5H7O2.Li.H/c1-3-5(6)7-4-2;;/h3H,1-2,4H2;;. The minimum absolute atomic E-state index is 0. The van der Waals surface area contributed by atoms with Crippen molar-refractivity contribution in [2.75, 3.05) is 6.61 Å². The number of rotatable bonds is 2. The monoisotopic (exact) mass is 107 g/mol. The summed E-state index contributed by atoms with van der Waals surface area (Å²) in [5.74, 6) is -0.421. The summed E-state index contributed by atoms with van der Waals surface area (Å²) in [6, 6.07) is 0. The first-order chi connectivity index (χ1) is 3.31. The fourth-order valence-electron chi connectivity index (χ4n) is 0.160. The molecule has 0 aliphatic carbocycles. The van der Waals surface area contributed by atoms with Crippen molar-refractivity contribution in [1.82, 2.24) is 0 Å². The van der Waals surface area contributed by atoms with Gasteiger partial charge in [0.1, 0.15) is 0 Å². The maximum absolute atomic E-state index is 10.0. The molecule has 0 saturated heterocycles. The normalized spacial score (nSPS) is 6.62. The third kappa shape index (κ3) is 5.81. The molecular weight excluding hydrogens is 99.0 g/mol. The van der Waals surface area contributed by atoms with Crippen LogP contribution >= 0.6 is 0 Å². The van der Waals surface area contributed by atoms with Gasteiger partial charge in [0.25, 0.3) is 0 Å². The first kappa shape index (κ1) is 10.7. The fraction of sp³-hybridized carbons (Fsp3) is 0.200. The predicted octanol–water partition coefficient (Wildman–Crippen LogP) is -0.0988. The van der Waals surface area contributed by atoms with Gasteiger partial charge in [-0.25, -0.2) is 4.79 Å². The molecule has 2 nitrogen and oxygen atoms in total. The van der Waals surface area contributed by atoms with Crippen molar-refractivity contribution in [3.63, 3.8) is 0 Å². The number of hydrogen-bond donors (Lipinski definition) is 0. The van der Waals surface area contributed by atoms with Crippen molar-refractivity contribution >= 4 is 24.8 Å². The zero-order valence-corrected chi connectivity index (χ0v) is 4.02. The molecule has 0 aliphatic heterocycles. The number of carbonyl (C=O) groups excluding carboxylic acids is 1. The van der Waals surface area contributed by atoms with Crippen LogP contribution in [0, 0.1) is 6.92 Å². The Labute approximate surface area is 61.1 Å². The summed E-state index contributed by atoms with van der Waals surface area (Å²) in [7, 11) is 0. The molecule has 0 aromatic rings. The van der Waals surface area contributed by atoms with Crippen LogP contribution in [0.25, 0.3) is 0 Å². The number of ether oxygens (including phenoxy) is 1. The predicted molar refractivity (Wildman–Crippen MR) is 33.7 cm³/mol. The van der Waals surface area contributed by atoms with Gasteiger partial charge >= 0.3 is 24.8 Å². The van der Waals surface area contributed by atoms with E-state index in [1.807, 2.05) is 0 Å². The van der Waals surface area contributed by atoms with Gasteiger partial charge in [0.2, 0.25) is 0 Å². The van der Waals surface area contributed by atoms with Gasteiger partial charge in [-0.15, -0.1) is 0 Å². The van der Waals surface area contributed by atoms with Crippen LogP contribution in [0.5, 0.6) is 0 Å². The van der Waals surface area contributed by atoms with Crippen molar-refractivity contribution in [2.24, 2.45) is 0 Å². The summed E-state index contributed by atoms with van der Waals surface area (Å²) < 4.78 is 4.32. The molecule has 0 fully saturated rings. The number of carbonyl (C=O) groups is 1.